The molecule has 1 atom stereocenters. The SMILES string of the molecule is CC.CC(C)N1CCC(CCC(C)C(C)(C)C)CC1.CCOCC1CCN(C(C)C)CC1. The van der Waals surface area contributed by atoms with Crippen LogP contribution < -0.4 is 0 Å². The van der Waals surface area contributed by atoms with E-state index in [9.17, 15) is 0 Å². The molecule has 32 heavy (non-hydrogen) atoms. The quantitative estimate of drug-likeness (QED) is 0.373. The Morgan fingerprint density at radius 1 is 0.750 bits per heavy atom. The van der Waals surface area contributed by atoms with Crippen molar-refractivity contribution in [2.45, 2.75) is 127 Å². The molecule has 3 heteroatoms. The third-order valence-electron chi connectivity index (χ3n) is 7.80. The molecule has 3 nitrogen and oxygen atoms in total. The number of rotatable bonds is 8. The molecule has 2 saturated heterocycles. The molecule has 2 aliphatic heterocycles. The summed E-state index contributed by atoms with van der Waals surface area (Å²) >= 11 is 0. The van der Waals surface area contributed by atoms with Gasteiger partial charge in [0.15, 0.2) is 0 Å². The van der Waals surface area contributed by atoms with Crippen molar-refractivity contribution in [3.8, 4) is 0 Å². The predicted octanol–water partition coefficient (Wildman–Crippen LogP) is 7.74. The maximum absolute atomic E-state index is 5.45. The largest absolute Gasteiger partial charge is 0.381 e. The lowest BCUT2D eigenvalue weighted by Gasteiger charge is -2.36. The van der Waals surface area contributed by atoms with Crippen LogP contribution in [-0.2, 0) is 4.74 Å². The maximum Gasteiger partial charge on any atom is 0.0495 e. The van der Waals surface area contributed by atoms with Gasteiger partial charge in [-0.15, -0.1) is 0 Å². The molecule has 0 N–H and O–H groups in total. The van der Waals surface area contributed by atoms with Crippen LogP contribution in [-0.4, -0.2) is 61.3 Å². The number of ether oxygens (including phenoxy) is 1. The van der Waals surface area contributed by atoms with Gasteiger partial charge in [0.1, 0.15) is 0 Å². The standard InChI is InChI=1S/C16H33N.C11H23NO.C2H6/c1-13(2)17-11-9-15(10-12-17)8-7-14(3)16(4,5)6;1-4-13-9-11-5-7-12(8-6-11)10(2)3;1-2/h13-15H,7-12H2,1-6H3;10-11H,4-9H2,1-3H3;1-2H3. The molecule has 0 aromatic heterocycles. The Morgan fingerprint density at radius 2 is 1.16 bits per heavy atom. The minimum Gasteiger partial charge on any atom is -0.381 e. The van der Waals surface area contributed by atoms with E-state index in [0.717, 1.165) is 37.0 Å². The van der Waals surface area contributed by atoms with E-state index in [-0.39, 0.29) is 0 Å². The van der Waals surface area contributed by atoms with Gasteiger partial charge in [0, 0.05) is 25.3 Å². The van der Waals surface area contributed by atoms with Crippen LogP contribution in [0.25, 0.3) is 0 Å². The summed E-state index contributed by atoms with van der Waals surface area (Å²) in [4.78, 5) is 5.19. The average Bonchev–Trinajstić information content (AvgIpc) is 2.77. The molecule has 0 radical (unpaired) electrons. The first-order chi connectivity index (χ1) is 15.0. The third kappa shape index (κ3) is 13.6. The molecule has 0 aromatic rings. The Hall–Kier alpha value is -0.120. The second kappa shape index (κ2) is 17.3. The monoisotopic (exact) mass is 454 g/mol. The summed E-state index contributed by atoms with van der Waals surface area (Å²) < 4.78 is 5.45. The Labute approximate surface area is 204 Å². The Balaban J connectivity index is 0.000000574. The summed E-state index contributed by atoms with van der Waals surface area (Å²) in [5.74, 6) is 2.66. The Bertz CT molecular complexity index is 413. The fourth-order valence-electron chi connectivity index (χ4n) is 4.60. The minimum absolute atomic E-state index is 0.485. The van der Waals surface area contributed by atoms with Gasteiger partial charge in [0.2, 0.25) is 0 Å². The van der Waals surface area contributed by atoms with Gasteiger partial charge >= 0.3 is 0 Å². The first kappa shape index (κ1) is 31.9. The van der Waals surface area contributed by atoms with Gasteiger partial charge in [-0.05, 0) is 116 Å². The fourth-order valence-corrected chi connectivity index (χ4v) is 4.60. The molecule has 2 rings (SSSR count). The van der Waals surface area contributed by atoms with Crippen molar-refractivity contribution in [2.75, 3.05) is 39.4 Å². The van der Waals surface area contributed by atoms with Gasteiger partial charge in [-0.2, -0.15) is 0 Å². The van der Waals surface area contributed by atoms with Gasteiger partial charge in [-0.3, -0.25) is 0 Å². The molecule has 0 aromatic carbocycles. The molecule has 2 aliphatic rings. The highest BCUT2D eigenvalue weighted by atomic mass is 16.5. The first-order valence-corrected chi connectivity index (χ1v) is 14.1. The molecule has 2 heterocycles. The van der Waals surface area contributed by atoms with Gasteiger partial charge in [-0.1, -0.05) is 48.0 Å². The number of hydrogen-bond donors (Lipinski definition) is 0. The predicted molar refractivity (Wildman–Crippen MR) is 145 cm³/mol. The molecule has 0 aliphatic carbocycles. The zero-order valence-corrected chi connectivity index (χ0v) is 24.2. The van der Waals surface area contributed by atoms with Gasteiger partial charge in [0.25, 0.3) is 0 Å². The highest BCUT2D eigenvalue weighted by Crippen LogP contribution is 2.32. The zero-order chi connectivity index (χ0) is 24.7. The van der Waals surface area contributed by atoms with E-state index in [4.69, 9.17) is 4.74 Å². The highest BCUT2D eigenvalue weighted by Gasteiger charge is 2.24. The van der Waals surface area contributed by atoms with Crippen LogP contribution in [0.2, 0.25) is 0 Å². The van der Waals surface area contributed by atoms with Crippen LogP contribution in [0.1, 0.15) is 115 Å². The summed E-state index contributed by atoms with van der Waals surface area (Å²) in [6.07, 6.45) is 8.35. The van der Waals surface area contributed by atoms with Crippen molar-refractivity contribution in [1.29, 1.82) is 0 Å². The lowest BCUT2D eigenvalue weighted by Crippen LogP contribution is -2.39. The van der Waals surface area contributed by atoms with Crippen molar-refractivity contribution in [2.24, 2.45) is 23.2 Å². The second-order valence-corrected chi connectivity index (χ2v) is 11.7. The normalized spacial score (nSPS) is 20.5. The van der Waals surface area contributed by atoms with Crippen LogP contribution in [0.3, 0.4) is 0 Å². The summed E-state index contributed by atoms with van der Waals surface area (Å²) in [6.45, 7) is 31.8. The first-order valence-electron chi connectivity index (χ1n) is 14.1. The molecule has 0 spiro atoms. The van der Waals surface area contributed by atoms with Crippen molar-refractivity contribution in [3.05, 3.63) is 0 Å². The molecular weight excluding hydrogens is 392 g/mol. The smallest absolute Gasteiger partial charge is 0.0495 e. The third-order valence-corrected chi connectivity index (χ3v) is 7.80. The average molecular weight is 455 g/mol. The van der Waals surface area contributed by atoms with Crippen molar-refractivity contribution in [3.63, 3.8) is 0 Å². The van der Waals surface area contributed by atoms with E-state index in [1.807, 2.05) is 13.8 Å². The highest BCUT2D eigenvalue weighted by molar-refractivity contribution is 4.77. The van der Waals surface area contributed by atoms with E-state index < -0.39 is 0 Å². The summed E-state index contributed by atoms with van der Waals surface area (Å²) in [5.41, 5.74) is 0.485. The van der Waals surface area contributed by atoms with Crippen LogP contribution >= 0.6 is 0 Å². The van der Waals surface area contributed by atoms with Gasteiger partial charge in [0.05, 0.1) is 0 Å². The molecule has 0 amide bonds. The van der Waals surface area contributed by atoms with Crippen LogP contribution in [0.15, 0.2) is 0 Å². The van der Waals surface area contributed by atoms with E-state index in [1.165, 1.54) is 64.7 Å². The van der Waals surface area contributed by atoms with E-state index in [0.29, 0.717) is 11.5 Å². The van der Waals surface area contributed by atoms with E-state index in [2.05, 4.69) is 72.1 Å². The van der Waals surface area contributed by atoms with Crippen LogP contribution in [0.4, 0.5) is 0 Å². The summed E-state index contributed by atoms with van der Waals surface area (Å²) in [7, 11) is 0. The summed E-state index contributed by atoms with van der Waals surface area (Å²) in [5, 5.41) is 0. The molecule has 0 bridgehead atoms. The van der Waals surface area contributed by atoms with Crippen molar-refractivity contribution < 1.29 is 4.74 Å². The molecule has 1 unspecified atom stereocenters. The summed E-state index contributed by atoms with van der Waals surface area (Å²) in [6, 6.07) is 1.46. The number of likely N-dealkylation sites (tertiary alicyclic amines) is 2. The van der Waals surface area contributed by atoms with Gasteiger partial charge in [-0.25, -0.2) is 0 Å². The molecular formula is C29H62N2O. The zero-order valence-electron chi connectivity index (χ0n) is 24.2. The molecule has 2 fully saturated rings. The lowest BCUT2D eigenvalue weighted by atomic mass is 9.77. The topological polar surface area (TPSA) is 15.7 Å². The fraction of sp³-hybridized carbons (Fsp3) is 1.00. The minimum atomic E-state index is 0.485. The number of nitrogens with zero attached hydrogens (tertiary/aromatic N) is 2. The molecule has 0 saturated carbocycles. The van der Waals surface area contributed by atoms with Crippen LogP contribution in [0.5, 0.6) is 0 Å². The van der Waals surface area contributed by atoms with Crippen molar-refractivity contribution >= 4 is 0 Å². The van der Waals surface area contributed by atoms with E-state index >= 15 is 0 Å². The van der Waals surface area contributed by atoms with Gasteiger partial charge < -0.3 is 14.5 Å². The lowest BCUT2D eigenvalue weighted by molar-refractivity contribution is 0.0659. The number of hydrogen-bond acceptors (Lipinski definition) is 3. The Kier molecular flexibility index (Phi) is 17.3. The maximum atomic E-state index is 5.45. The van der Waals surface area contributed by atoms with E-state index in [1.54, 1.807) is 0 Å². The van der Waals surface area contributed by atoms with Crippen molar-refractivity contribution in [1.82, 2.24) is 9.80 Å². The van der Waals surface area contributed by atoms with Crippen LogP contribution in [0, 0.1) is 23.2 Å². The Morgan fingerprint density at radius 3 is 1.50 bits per heavy atom. The molecule has 194 valence electrons. The second-order valence-electron chi connectivity index (χ2n) is 11.7. The number of piperidine rings is 2.